The summed E-state index contributed by atoms with van der Waals surface area (Å²) in [6, 6.07) is 24.1. The van der Waals surface area contributed by atoms with Gasteiger partial charge in [0.15, 0.2) is 0 Å². The minimum atomic E-state index is 0.202. The highest BCUT2D eigenvalue weighted by Crippen LogP contribution is 2.25. The molecule has 0 spiro atoms. The van der Waals surface area contributed by atoms with Crippen LogP contribution in [0.1, 0.15) is 35.1 Å². The topological polar surface area (TPSA) is 18.5 Å². The lowest BCUT2D eigenvalue weighted by Crippen LogP contribution is -2.07. The molecule has 2 nitrogen and oxygen atoms in total. The standard InChI is InChI=1S/C25H22O2/c1-2-6-20(7-3-1)10-11-21-12-15-24(16-13-21)26-19-27-25-17-14-22-8-4-5-9-23(22)18-25/h1-3,6-7,12-18H,4-5,8-9,19H2. The average Bonchev–Trinajstić information content (AvgIpc) is 2.74. The molecule has 4 rings (SSSR count). The van der Waals surface area contributed by atoms with Crippen molar-refractivity contribution in [3.8, 4) is 23.3 Å². The van der Waals surface area contributed by atoms with Crippen LogP contribution in [0.4, 0.5) is 0 Å². The largest absolute Gasteiger partial charge is 0.458 e. The van der Waals surface area contributed by atoms with Gasteiger partial charge in [0.05, 0.1) is 0 Å². The number of fused-ring (bicyclic) bond motifs is 1. The molecule has 0 saturated heterocycles. The number of rotatable bonds is 4. The van der Waals surface area contributed by atoms with Crippen LogP contribution in [0.2, 0.25) is 0 Å². The van der Waals surface area contributed by atoms with E-state index in [1.165, 1.54) is 30.4 Å². The molecule has 1 aliphatic rings. The summed E-state index contributed by atoms with van der Waals surface area (Å²) in [7, 11) is 0. The van der Waals surface area contributed by atoms with Gasteiger partial charge in [-0.05, 0) is 85.3 Å². The summed E-state index contributed by atoms with van der Waals surface area (Å²) < 4.78 is 11.5. The number of aryl methyl sites for hydroxylation is 2. The minimum absolute atomic E-state index is 0.202. The molecular weight excluding hydrogens is 332 g/mol. The van der Waals surface area contributed by atoms with Crippen LogP contribution >= 0.6 is 0 Å². The summed E-state index contributed by atoms with van der Waals surface area (Å²) in [5, 5.41) is 0. The molecule has 0 bridgehead atoms. The van der Waals surface area contributed by atoms with Crippen LogP contribution < -0.4 is 9.47 Å². The van der Waals surface area contributed by atoms with E-state index in [-0.39, 0.29) is 6.79 Å². The van der Waals surface area contributed by atoms with Crippen LogP contribution in [0, 0.1) is 11.8 Å². The van der Waals surface area contributed by atoms with E-state index in [9.17, 15) is 0 Å². The summed E-state index contributed by atoms with van der Waals surface area (Å²) in [6.07, 6.45) is 4.90. The molecule has 0 radical (unpaired) electrons. The molecule has 3 aromatic rings. The third-order valence-electron chi connectivity index (χ3n) is 4.75. The summed E-state index contributed by atoms with van der Waals surface area (Å²) in [5.74, 6) is 7.97. The fraction of sp³-hybridized carbons (Fsp3) is 0.200. The molecule has 2 heteroatoms. The lowest BCUT2D eigenvalue weighted by molar-refractivity contribution is 0.119. The van der Waals surface area contributed by atoms with Crippen molar-refractivity contribution in [3.63, 3.8) is 0 Å². The third-order valence-corrected chi connectivity index (χ3v) is 4.75. The highest BCUT2D eigenvalue weighted by Gasteiger charge is 2.09. The smallest absolute Gasteiger partial charge is 0.230 e. The lowest BCUT2D eigenvalue weighted by Gasteiger charge is -2.17. The number of ether oxygens (including phenoxy) is 2. The van der Waals surface area contributed by atoms with Gasteiger partial charge >= 0.3 is 0 Å². The van der Waals surface area contributed by atoms with Crippen molar-refractivity contribution in [2.24, 2.45) is 0 Å². The molecule has 1 aliphatic carbocycles. The van der Waals surface area contributed by atoms with E-state index in [1.54, 1.807) is 0 Å². The van der Waals surface area contributed by atoms with Gasteiger partial charge in [0.2, 0.25) is 6.79 Å². The van der Waals surface area contributed by atoms with Crippen molar-refractivity contribution in [2.75, 3.05) is 6.79 Å². The molecule has 0 amide bonds. The Morgan fingerprint density at radius 3 is 2.04 bits per heavy atom. The first-order valence-corrected chi connectivity index (χ1v) is 9.41. The maximum Gasteiger partial charge on any atom is 0.230 e. The Morgan fingerprint density at radius 1 is 0.630 bits per heavy atom. The summed E-state index contributed by atoms with van der Waals surface area (Å²) in [5.41, 5.74) is 4.85. The third kappa shape index (κ3) is 4.71. The highest BCUT2D eigenvalue weighted by atomic mass is 16.7. The van der Waals surface area contributed by atoms with Crippen molar-refractivity contribution >= 4 is 0 Å². The van der Waals surface area contributed by atoms with Gasteiger partial charge in [0.25, 0.3) is 0 Å². The first kappa shape index (κ1) is 17.2. The van der Waals surface area contributed by atoms with Crippen LogP contribution in [0.3, 0.4) is 0 Å². The van der Waals surface area contributed by atoms with Crippen LogP contribution in [0.5, 0.6) is 11.5 Å². The summed E-state index contributed by atoms with van der Waals surface area (Å²) in [4.78, 5) is 0. The molecule has 134 valence electrons. The molecule has 0 N–H and O–H groups in total. The molecule has 0 aliphatic heterocycles. The zero-order chi connectivity index (χ0) is 18.3. The van der Waals surface area contributed by atoms with Crippen molar-refractivity contribution in [1.29, 1.82) is 0 Å². The van der Waals surface area contributed by atoms with Gasteiger partial charge in [-0.2, -0.15) is 0 Å². The van der Waals surface area contributed by atoms with Crippen LogP contribution in [0.25, 0.3) is 0 Å². The van der Waals surface area contributed by atoms with E-state index in [4.69, 9.17) is 9.47 Å². The fourth-order valence-corrected chi connectivity index (χ4v) is 3.27. The van der Waals surface area contributed by atoms with Crippen molar-refractivity contribution < 1.29 is 9.47 Å². The van der Waals surface area contributed by atoms with E-state index < -0.39 is 0 Å². The molecule has 3 aromatic carbocycles. The van der Waals surface area contributed by atoms with Gasteiger partial charge < -0.3 is 9.47 Å². The molecule has 27 heavy (non-hydrogen) atoms. The second kappa shape index (κ2) is 8.47. The van der Waals surface area contributed by atoms with Gasteiger partial charge in [-0.1, -0.05) is 36.1 Å². The maximum atomic E-state index is 5.76. The van der Waals surface area contributed by atoms with E-state index in [1.807, 2.05) is 60.7 Å². The second-order valence-corrected chi connectivity index (χ2v) is 6.68. The predicted octanol–water partition coefficient (Wildman–Crippen LogP) is 5.38. The van der Waals surface area contributed by atoms with E-state index in [0.717, 1.165) is 29.0 Å². The van der Waals surface area contributed by atoms with Gasteiger partial charge in [0.1, 0.15) is 11.5 Å². The molecule has 0 aromatic heterocycles. The van der Waals surface area contributed by atoms with Crippen LogP contribution in [-0.2, 0) is 12.8 Å². The van der Waals surface area contributed by atoms with Gasteiger partial charge in [0, 0.05) is 11.1 Å². The van der Waals surface area contributed by atoms with E-state index >= 15 is 0 Å². The molecular formula is C25H22O2. The van der Waals surface area contributed by atoms with Crippen LogP contribution in [0.15, 0.2) is 72.8 Å². The zero-order valence-corrected chi connectivity index (χ0v) is 15.3. The molecule has 0 heterocycles. The number of hydrogen-bond acceptors (Lipinski definition) is 2. The normalized spacial score (nSPS) is 12.4. The Bertz CT molecular complexity index is 947. The van der Waals surface area contributed by atoms with Crippen molar-refractivity contribution in [1.82, 2.24) is 0 Å². The Morgan fingerprint density at radius 2 is 1.26 bits per heavy atom. The Labute approximate surface area is 160 Å². The fourth-order valence-electron chi connectivity index (χ4n) is 3.27. The molecule has 0 fully saturated rings. The average molecular weight is 354 g/mol. The minimum Gasteiger partial charge on any atom is -0.458 e. The predicted molar refractivity (Wildman–Crippen MR) is 108 cm³/mol. The number of hydrogen-bond donors (Lipinski definition) is 0. The van der Waals surface area contributed by atoms with Crippen LogP contribution in [-0.4, -0.2) is 6.79 Å². The van der Waals surface area contributed by atoms with Crippen molar-refractivity contribution in [3.05, 3.63) is 95.1 Å². The first-order chi connectivity index (χ1) is 13.4. The SMILES string of the molecule is C(#Cc1ccc(OCOc2ccc3c(c2)CCCC3)cc1)c1ccccc1. The van der Waals surface area contributed by atoms with Gasteiger partial charge in [-0.3, -0.25) is 0 Å². The molecule has 0 unspecified atom stereocenters. The summed E-state index contributed by atoms with van der Waals surface area (Å²) in [6.45, 7) is 0.202. The lowest BCUT2D eigenvalue weighted by atomic mass is 9.92. The Hall–Kier alpha value is -3.18. The van der Waals surface area contributed by atoms with Gasteiger partial charge in [-0.25, -0.2) is 0 Å². The first-order valence-electron chi connectivity index (χ1n) is 9.41. The maximum absolute atomic E-state index is 5.76. The van der Waals surface area contributed by atoms with Crippen molar-refractivity contribution in [2.45, 2.75) is 25.7 Å². The van der Waals surface area contributed by atoms with E-state index in [0.29, 0.717) is 0 Å². The second-order valence-electron chi connectivity index (χ2n) is 6.68. The zero-order valence-electron chi connectivity index (χ0n) is 15.3. The molecule has 0 saturated carbocycles. The quantitative estimate of drug-likeness (QED) is 0.462. The Balaban J connectivity index is 1.31. The monoisotopic (exact) mass is 354 g/mol. The highest BCUT2D eigenvalue weighted by molar-refractivity contribution is 5.44. The Kier molecular flexibility index (Phi) is 5.41. The molecule has 0 atom stereocenters. The summed E-state index contributed by atoms with van der Waals surface area (Å²) >= 11 is 0. The number of benzene rings is 3. The van der Waals surface area contributed by atoms with Gasteiger partial charge in [-0.15, -0.1) is 0 Å². The van der Waals surface area contributed by atoms with E-state index in [2.05, 4.69) is 24.0 Å².